The van der Waals surface area contributed by atoms with Crippen molar-refractivity contribution in [2.24, 2.45) is 0 Å². The third-order valence-electron chi connectivity index (χ3n) is 4.11. The molecule has 0 radical (unpaired) electrons. The molecule has 4 aromatic rings. The molecule has 4 nitrogen and oxygen atoms in total. The lowest BCUT2D eigenvalue weighted by molar-refractivity contribution is 0.102. The van der Waals surface area contributed by atoms with Gasteiger partial charge in [-0.3, -0.25) is 4.79 Å². The van der Waals surface area contributed by atoms with Crippen LogP contribution in [-0.4, -0.2) is 15.9 Å². The number of amides is 1. The fourth-order valence-corrected chi connectivity index (χ4v) is 2.76. The van der Waals surface area contributed by atoms with E-state index in [9.17, 15) is 4.79 Å². The lowest BCUT2D eigenvalue weighted by atomic mass is 10.1. The molecule has 0 bridgehead atoms. The summed E-state index contributed by atoms with van der Waals surface area (Å²) in [7, 11) is 0. The molecule has 0 unspecified atom stereocenters. The highest BCUT2D eigenvalue weighted by Gasteiger charge is 2.11. The third kappa shape index (κ3) is 3.90. The van der Waals surface area contributed by atoms with Crippen LogP contribution < -0.4 is 5.32 Å². The quantitative estimate of drug-likeness (QED) is 0.559. The predicted octanol–water partition coefficient (Wildman–Crippen LogP) is 5.06. The van der Waals surface area contributed by atoms with Crippen molar-refractivity contribution in [3.8, 4) is 22.6 Å². The van der Waals surface area contributed by atoms with Crippen molar-refractivity contribution in [1.29, 1.82) is 0 Å². The van der Waals surface area contributed by atoms with Crippen LogP contribution >= 0.6 is 0 Å². The second kappa shape index (κ2) is 7.62. The number of hydrogen-bond donors (Lipinski definition) is 1. The average molecular weight is 351 g/mol. The van der Waals surface area contributed by atoms with Gasteiger partial charge in [0.2, 0.25) is 0 Å². The molecule has 4 rings (SSSR count). The first-order valence-electron chi connectivity index (χ1n) is 8.66. The summed E-state index contributed by atoms with van der Waals surface area (Å²) in [5, 5.41) is 2.89. The van der Waals surface area contributed by atoms with Crippen LogP contribution in [0.1, 0.15) is 10.4 Å². The third-order valence-corrected chi connectivity index (χ3v) is 4.11. The standard InChI is InChI=1S/C23H17N3O/c27-23(19-14-8-3-9-15-19)26-21-16-20(17-10-4-1-5-11-17)24-22(25-21)18-12-6-2-7-13-18/h1-16H,(H,24,25,26,27). The van der Waals surface area contributed by atoms with Gasteiger partial charge in [0.05, 0.1) is 5.69 Å². The van der Waals surface area contributed by atoms with Crippen LogP contribution in [0.2, 0.25) is 0 Å². The molecule has 1 heterocycles. The first-order chi connectivity index (χ1) is 13.3. The highest BCUT2D eigenvalue weighted by Crippen LogP contribution is 2.24. The van der Waals surface area contributed by atoms with Gasteiger partial charge in [-0.1, -0.05) is 78.9 Å². The van der Waals surface area contributed by atoms with Crippen molar-refractivity contribution in [3.63, 3.8) is 0 Å². The monoisotopic (exact) mass is 351 g/mol. The summed E-state index contributed by atoms with van der Waals surface area (Å²) in [6.07, 6.45) is 0. The summed E-state index contributed by atoms with van der Waals surface area (Å²) in [5.74, 6) is 0.837. The Morgan fingerprint density at radius 3 is 1.85 bits per heavy atom. The zero-order valence-electron chi connectivity index (χ0n) is 14.5. The summed E-state index contributed by atoms with van der Waals surface area (Å²) >= 11 is 0. The number of anilines is 1. The van der Waals surface area contributed by atoms with E-state index < -0.39 is 0 Å². The molecule has 1 N–H and O–H groups in total. The van der Waals surface area contributed by atoms with Crippen molar-refractivity contribution >= 4 is 11.7 Å². The van der Waals surface area contributed by atoms with E-state index in [1.165, 1.54) is 0 Å². The first kappa shape index (κ1) is 16.7. The number of hydrogen-bond acceptors (Lipinski definition) is 3. The van der Waals surface area contributed by atoms with Crippen LogP contribution in [-0.2, 0) is 0 Å². The minimum absolute atomic E-state index is 0.202. The molecule has 0 atom stereocenters. The molecule has 1 aromatic heterocycles. The van der Waals surface area contributed by atoms with Gasteiger partial charge in [0.25, 0.3) is 5.91 Å². The minimum atomic E-state index is -0.202. The number of carbonyl (C=O) groups excluding carboxylic acids is 1. The highest BCUT2D eigenvalue weighted by atomic mass is 16.1. The number of aromatic nitrogens is 2. The molecular formula is C23H17N3O. The maximum atomic E-state index is 12.5. The molecule has 1 amide bonds. The Labute approximate surface area is 157 Å². The lowest BCUT2D eigenvalue weighted by Crippen LogP contribution is -2.13. The SMILES string of the molecule is O=C(Nc1cc(-c2ccccc2)nc(-c2ccccc2)n1)c1ccccc1. The van der Waals surface area contributed by atoms with Crippen LogP contribution in [0.15, 0.2) is 97.1 Å². The van der Waals surface area contributed by atoms with Gasteiger partial charge in [0.15, 0.2) is 5.82 Å². The molecule has 0 aliphatic rings. The fraction of sp³-hybridized carbons (Fsp3) is 0. The van der Waals surface area contributed by atoms with E-state index in [1.807, 2.05) is 78.9 Å². The molecular weight excluding hydrogens is 334 g/mol. The van der Waals surface area contributed by atoms with E-state index in [0.29, 0.717) is 17.2 Å². The Bertz CT molecular complexity index is 991. The fourth-order valence-electron chi connectivity index (χ4n) is 2.76. The van der Waals surface area contributed by atoms with Gasteiger partial charge in [-0.2, -0.15) is 0 Å². The Morgan fingerprint density at radius 1 is 0.667 bits per heavy atom. The second-order valence-electron chi connectivity index (χ2n) is 6.01. The minimum Gasteiger partial charge on any atom is -0.306 e. The maximum Gasteiger partial charge on any atom is 0.256 e. The summed E-state index contributed by atoms with van der Waals surface area (Å²) in [4.78, 5) is 21.8. The predicted molar refractivity (Wildman–Crippen MR) is 107 cm³/mol. The molecule has 3 aromatic carbocycles. The molecule has 4 heteroatoms. The van der Waals surface area contributed by atoms with Crippen LogP contribution in [0.4, 0.5) is 5.82 Å². The summed E-state index contributed by atoms with van der Waals surface area (Å²) in [5.41, 5.74) is 3.20. The van der Waals surface area contributed by atoms with E-state index in [0.717, 1.165) is 16.8 Å². The van der Waals surface area contributed by atoms with E-state index in [-0.39, 0.29) is 5.91 Å². The summed E-state index contributed by atoms with van der Waals surface area (Å²) in [6, 6.07) is 30.5. The van der Waals surface area contributed by atoms with Crippen molar-refractivity contribution in [2.75, 3.05) is 5.32 Å². The number of benzene rings is 3. The van der Waals surface area contributed by atoms with E-state index in [2.05, 4.69) is 10.3 Å². The zero-order valence-corrected chi connectivity index (χ0v) is 14.5. The van der Waals surface area contributed by atoms with Gasteiger partial charge in [0, 0.05) is 22.8 Å². The molecule has 27 heavy (non-hydrogen) atoms. The van der Waals surface area contributed by atoms with Crippen molar-refractivity contribution in [2.45, 2.75) is 0 Å². The smallest absolute Gasteiger partial charge is 0.256 e. The Morgan fingerprint density at radius 2 is 1.22 bits per heavy atom. The molecule has 0 aliphatic carbocycles. The van der Waals surface area contributed by atoms with E-state index in [4.69, 9.17) is 4.98 Å². The van der Waals surface area contributed by atoms with Crippen molar-refractivity contribution in [1.82, 2.24) is 9.97 Å². The molecule has 0 saturated heterocycles. The summed E-state index contributed by atoms with van der Waals surface area (Å²) < 4.78 is 0. The topological polar surface area (TPSA) is 54.9 Å². The Hall–Kier alpha value is -3.79. The summed E-state index contributed by atoms with van der Waals surface area (Å²) in [6.45, 7) is 0. The number of nitrogens with zero attached hydrogens (tertiary/aromatic N) is 2. The van der Waals surface area contributed by atoms with Gasteiger partial charge in [-0.25, -0.2) is 9.97 Å². The van der Waals surface area contributed by atoms with Crippen LogP contribution in [0, 0.1) is 0 Å². The number of nitrogens with one attached hydrogen (secondary N) is 1. The highest BCUT2D eigenvalue weighted by molar-refractivity contribution is 6.04. The zero-order chi connectivity index (χ0) is 18.5. The Kier molecular flexibility index (Phi) is 4.70. The van der Waals surface area contributed by atoms with Crippen molar-refractivity contribution in [3.05, 3.63) is 103 Å². The van der Waals surface area contributed by atoms with E-state index in [1.54, 1.807) is 18.2 Å². The van der Waals surface area contributed by atoms with Gasteiger partial charge >= 0.3 is 0 Å². The number of carbonyl (C=O) groups is 1. The van der Waals surface area contributed by atoms with Crippen LogP contribution in [0.3, 0.4) is 0 Å². The van der Waals surface area contributed by atoms with Gasteiger partial charge in [-0.15, -0.1) is 0 Å². The van der Waals surface area contributed by atoms with Gasteiger partial charge in [0.1, 0.15) is 5.82 Å². The van der Waals surface area contributed by atoms with E-state index >= 15 is 0 Å². The molecule has 0 saturated carbocycles. The maximum absolute atomic E-state index is 12.5. The number of rotatable bonds is 4. The average Bonchev–Trinajstić information content (AvgIpc) is 2.75. The molecule has 130 valence electrons. The molecule has 0 fully saturated rings. The molecule has 0 spiro atoms. The second-order valence-corrected chi connectivity index (χ2v) is 6.01. The largest absolute Gasteiger partial charge is 0.306 e. The van der Waals surface area contributed by atoms with Gasteiger partial charge in [-0.05, 0) is 12.1 Å². The van der Waals surface area contributed by atoms with Gasteiger partial charge < -0.3 is 5.32 Å². The van der Waals surface area contributed by atoms with Crippen LogP contribution in [0.5, 0.6) is 0 Å². The first-order valence-corrected chi connectivity index (χ1v) is 8.66. The Balaban J connectivity index is 1.75. The normalized spacial score (nSPS) is 10.4. The van der Waals surface area contributed by atoms with Crippen LogP contribution in [0.25, 0.3) is 22.6 Å². The molecule has 0 aliphatic heterocycles. The lowest BCUT2D eigenvalue weighted by Gasteiger charge is -2.10. The van der Waals surface area contributed by atoms with Crippen molar-refractivity contribution < 1.29 is 4.79 Å².